The third-order valence-electron chi connectivity index (χ3n) is 4.21. The zero-order valence-electron chi connectivity index (χ0n) is 12.6. The summed E-state index contributed by atoms with van der Waals surface area (Å²) in [5.74, 6) is 0. The SMILES string of the molecule is FC(F)P(Br)(c1ccccc1)(c1ccccc1)c1ccccc1Br. The van der Waals surface area contributed by atoms with Crippen molar-refractivity contribution in [1.29, 1.82) is 0 Å². The quantitative estimate of drug-likeness (QED) is 0.421. The Bertz CT molecular complexity index is 799. The molecule has 3 aromatic carbocycles. The molecule has 0 heterocycles. The molecular formula is C19H15Br2F2P. The Balaban J connectivity index is 2.52. The molecule has 0 amide bonds. The van der Waals surface area contributed by atoms with Gasteiger partial charge in [0.25, 0.3) is 0 Å². The third-order valence-corrected chi connectivity index (χ3v) is 14.4. The van der Waals surface area contributed by atoms with Crippen LogP contribution in [0.1, 0.15) is 0 Å². The molecule has 0 aliphatic carbocycles. The van der Waals surface area contributed by atoms with E-state index in [1.165, 1.54) is 0 Å². The van der Waals surface area contributed by atoms with Crippen LogP contribution in [0, 0.1) is 0 Å². The number of alkyl halides is 2. The predicted octanol–water partition coefficient (Wildman–Crippen LogP) is 5.81. The second-order valence-corrected chi connectivity index (χ2v) is 14.8. The van der Waals surface area contributed by atoms with Crippen LogP contribution in [-0.4, -0.2) is 6.17 Å². The second-order valence-electron chi connectivity index (χ2n) is 5.47. The molecule has 0 unspecified atom stereocenters. The van der Waals surface area contributed by atoms with E-state index in [-0.39, 0.29) is 0 Å². The van der Waals surface area contributed by atoms with Gasteiger partial charge in [0.15, 0.2) is 0 Å². The van der Waals surface area contributed by atoms with Gasteiger partial charge in [0, 0.05) is 0 Å². The van der Waals surface area contributed by atoms with Crippen molar-refractivity contribution in [3.05, 3.63) is 89.4 Å². The van der Waals surface area contributed by atoms with E-state index in [9.17, 15) is 8.78 Å². The van der Waals surface area contributed by atoms with Crippen molar-refractivity contribution in [2.24, 2.45) is 0 Å². The normalized spacial score (nSPS) is 13.5. The Morgan fingerprint density at radius 2 is 1.08 bits per heavy atom. The summed E-state index contributed by atoms with van der Waals surface area (Å²) in [6, 6.07) is 25.3. The van der Waals surface area contributed by atoms with Crippen molar-refractivity contribution in [2.45, 2.75) is 6.17 Å². The first-order valence-corrected chi connectivity index (χ1v) is 12.5. The van der Waals surface area contributed by atoms with Crippen LogP contribution in [0.5, 0.6) is 0 Å². The predicted molar refractivity (Wildman–Crippen MR) is 108 cm³/mol. The van der Waals surface area contributed by atoms with E-state index in [4.69, 9.17) is 0 Å². The van der Waals surface area contributed by atoms with Crippen LogP contribution < -0.4 is 15.9 Å². The molecule has 0 aliphatic rings. The minimum atomic E-state index is -4.12. The topological polar surface area (TPSA) is 0 Å². The van der Waals surface area contributed by atoms with Gasteiger partial charge in [-0.25, -0.2) is 0 Å². The molecule has 24 heavy (non-hydrogen) atoms. The summed E-state index contributed by atoms with van der Waals surface area (Å²) in [6.45, 7) is 0. The van der Waals surface area contributed by atoms with Gasteiger partial charge < -0.3 is 0 Å². The summed E-state index contributed by atoms with van der Waals surface area (Å²) in [4.78, 5) is 0. The molecule has 0 fully saturated rings. The molecule has 0 nitrogen and oxygen atoms in total. The molecule has 0 bridgehead atoms. The van der Waals surface area contributed by atoms with Crippen molar-refractivity contribution >= 4 is 52.6 Å². The van der Waals surface area contributed by atoms with Crippen LogP contribution in [0.15, 0.2) is 89.4 Å². The number of hydrogen-bond acceptors (Lipinski definition) is 0. The molecule has 0 atom stereocenters. The summed E-state index contributed by atoms with van der Waals surface area (Å²) in [7, 11) is 0. The van der Waals surface area contributed by atoms with Crippen LogP contribution >= 0.6 is 36.7 Å². The molecule has 5 heteroatoms. The van der Waals surface area contributed by atoms with E-state index in [0.717, 1.165) is 0 Å². The van der Waals surface area contributed by atoms with Gasteiger partial charge >= 0.3 is 157 Å². The van der Waals surface area contributed by atoms with E-state index in [0.29, 0.717) is 20.4 Å². The Hall–Kier alpha value is -1.09. The molecular weight excluding hydrogens is 457 g/mol. The van der Waals surface area contributed by atoms with E-state index in [2.05, 4.69) is 31.4 Å². The van der Waals surface area contributed by atoms with E-state index in [1.807, 2.05) is 24.3 Å². The van der Waals surface area contributed by atoms with Gasteiger partial charge in [-0.1, -0.05) is 0 Å². The Kier molecular flexibility index (Phi) is 4.92. The summed E-state index contributed by atoms with van der Waals surface area (Å²) < 4.78 is 30.6. The average molecular weight is 472 g/mol. The van der Waals surface area contributed by atoms with Crippen LogP contribution in [-0.2, 0) is 0 Å². The molecule has 0 N–H and O–H groups in total. The molecule has 0 aromatic heterocycles. The molecule has 0 aliphatic heterocycles. The molecule has 3 rings (SSSR count). The fourth-order valence-corrected chi connectivity index (χ4v) is 11.3. The van der Waals surface area contributed by atoms with Gasteiger partial charge in [-0.15, -0.1) is 0 Å². The average Bonchev–Trinajstić information content (AvgIpc) is 2.63. The van der Waals surface area contributed by atoms with Gasteiger partial charge in [-0.05, 0) is 0 Å². The Labute approximate surface area is 156 Å². The Morgan fingerprint density at radius 1 is 0.667 bits per heavy atom. The monoisotopic (exact) mass is 470 g/mol. The van der Waals surface area contributed by atoms with Crippen molar-refractivity contribution in [3.8, 4) is 0 Å². The van der Waals surface area contributed by atoms with Crippen molar-refractivity contribution in [3.63, 3.8) is 0 Å². The van der Waals surface area contributed by atoms with Gasteiger partial charge in [0.2, 0.25) is 0 Å². The minimum absolute atomic E-state index is 0.593. The van der Waals surface area contributed by atoms with Gasteiger partial charge in [0.1, 0.15) is 0 Å². The molecule has 0 saturated heterocycles. The fraction of sp³-hybridized carbons (Fsp3) is 0.0526. The van der Waals surface area contributed by atoms with E-state index < -0.39 is 11.5 Å². The summed E-state index contributed by atoms with van der Waals surface area (Å²) >= 11 is 7.18. The van der Waals surface area contributed by atoms with Crippen LogP contribution in [0.4, 0.5) is 8.78 Å². The zero-order chi connectivity index (χ0) is 17.2. The second kappa shape index (κ2) is 6.67. The zero-order valence-corrected chi connectivity index (χ0v) is 16.7. The van der Waals surface area contributed by atoms with Crippen molar-refractivity contribution in [2.75, 3.05) is 0 Å². The van der Waals surface area contributed by atoms with E-state index in [1.54, 1.807) is 60.7 Å². The summed E-state index contributed by atoms with van der Waals surface area (Å²) in [6.07, 6.45) is -2.60. The van der Waals surface area contributed by atoms with E-state index >= 15 is 0 Å². The van der Waals surface area contributed by atoms with Crippen LogP contribution in [0.2, 0.25) is 0 Å². The van der Waals surface area contributed by atoms with Crippen LogP contribution in [0.3, 0.4) is 0 Å². The fourth-order valence-electron chi connectivity index (χ4n) is 3.00. The van der Waals surface area contributed by atoms with Gasteiger partial charge in [0.05, 0.1) is 0 Å². The maximum atomic E-state index is 15.0. The standard InChI is InChI=1S/C19H15Br2F2P/c20-17-13-7-8-14-18(17)24(21,19(22)23,15-9-3-1-4-10-15)16-11-5-2-6-12-16/h1-14,19H. The molecule has 0 spiro atoms. The van der Waals surface area contributed by atoms with Crippen molar-refractivity contribution in [1.82, 2.24) is 0 Å². The summed E-state index contributed by atoms with van der Waals surface area (Å²) in [5, 5.41) is -2.32. The number of halogens is 4. The molecule has 3 aromatic rings. The number of hydrogen-bond donors (Lipinski definition) is 0. The first kappa shape index (κ1) is 17.7. The third kappa shape index (κ3) is 2.47. The first-order chi connectivity index (χ1) is 11.5. The van der Waals surface area contributed by atoms with Gasteiger partial charge in [-0.2, -0.15) is 0 Å². The molecule has 124 valence electrons. The van der Waals surface area contributed by atoms with Crippen molar-refractivity contribution < 1.29 is 8.78 Å². The Morgan fingerprint density at radius 3 is 1.50 bits per heavy atom. The number of rotatable bonds is 4. The summed E-state index contributed by atoms with van der Waals surface area (Å²) in [5.41, 5.74) is 0. The number of benzene rings is 3. The molecule has 0 saturated carbocycles. The van der Waals surface area contributed by atoms with Gasteiger partial charge in [-0.3, -0.25) is 0 Å². The van der Waals surface area contributed by atoms with Crippen LogP contribution in [0.25, 0.3) is 0 Å². The molecule has 0 radical (unpaired) electrons. The maximum absolute atomic E-state index is 15.0. The first-order valence-electron chi connectivity index (χ1n) is 7.37.